The maximum atomic E-state index is 11.9. The molecule has 0 saturated carbocycles. The van der Waals surface area contributed by atoms with Crippen LogP contribution in [0.15, 0.2) is 0 Å². The van der Waals surface area contributed by atoms with E-state index in [2.05, 4.69) is 9.97 Å². The molecule has 0 aliphatic heterocycles. The number of alkyl halides is 3. The summed E-state index contributed by atoms with van der Waals surface area (Å²) in [5, 5.41) is 16.5. The molecule has 0 spiro atoms. The van der Waals surface area contributed by atoms with E-state index >= 15 is 0 Å². The van der Waals surface area contributed by atoms with Gasteiger partial charge in [-0.2, -0.15) is 23.7 Å². The minimum atomic E-state index is -4.72. The molecule has 0 bridgehead atoms. The van der Waals surface area contributed by atoms with Crippen LogP contribution in [-0.2, 0) is 6.18 Å². The van der Waals surface area contributed by atoms with Crippen LogP contribution in [0.3, 0.4) is 0 Å². The largest absolute Gasteiger partial charge is 1.00 e. The summed E-state index contributed by atoms with van der Waals surface area (Å²) in [7, 11) is 0. The van der Waals surface area contributed by atoms with Gasteiger partial charge < -0.3 is 9.97 Å². The van der Waals surface area contributed by atoms with Crippen molar-refractivity contribution in [3.05, 3.63) is 17.2 Å². The van der Waals surface area contributed by atoms with E-state index in [4.69, 9.17) is 10.5 Å². The summed E-state index contributed by atoms with van der Waals surface area (Å²) in [6.07, 6.45) is -4.72. The monoisotopic (exact) mass is 192 g/mol. The second kappa shape index (κ2) is 4.19. The van der Waals surface area contributed by atoms with Crippen molar-refractivity contribution in [2.24, 2.45) is 0 Å². The van der Waals surface area contributed by atoms with Crippen LogP contribution >= 0.6 is 0 Å². The van der Waals surface area contributed by atoms with Gasteiger partial charge in [-0.05, 0) is 0 Å². The second-order valence-corrected chi connectivity index (χ2v) is 1.97. The van der Waals surface area contributed by atoms with Crippen LogP contribution in [0.2, 0.25) is 0 Å². The topological polar surface area (TPSA) is 74.6 Å². The zero-order valence-electron chi connectivity index (χ0n) is 6.92. The molecule has 66 valence electrons. The van der Waals surface area contributed by atoms with Crippen LogP contribution in [0.5, 0.6) is 0 Å². The third kappa shape index (κ3) is 2.29. The SMILES string of the molecule is N#Cc1nc(C(F)(F)F)[n-]c1C#N.[Li+]. The second-order valence-electron chi connectivity index (χ2n) is 1.97. The van der Waals surface area contributed by atoms with Crippen LogP contribution in [0.4, 0.5) is 13.2 Å². The van der Waals surface area contributed by atoms with Gasteiger partial charge in [-0.15, -0.1) is 0 Å². The minimum Gasteiger partial charge on any atom is -0.422 e. The van der Waals surface area contributed by atoms with Gasteiger partial charge in [0.15, 0.2) is 0 Å². The average Bonchev–Trinajstić information content (AvgIpc) is 2.45. The third-order valence-electron chi connectivity index (χ3n) is 1.13. The smallest absolute Gasteiger partial charge is 0.422 e. The Morgan fingerprint density at radius 2 is 1.79 bits per heavy atom. The summed E-state index contributed by atoms with van der Waals surface area (Å²) in [5.74, 6) is -1.46. The van der Waals surface area contributed by atoms with Gasteiger partial charge in [0, 0.05) is 5.82 Å². The standard InChI is InChI=1S/C6F3N4.Li/c7-6(8,9)5-12-3(1-10)4(2-11)13-5;/q-1;+1. The van der Waals surface area contributed by atoms with Gasteiger partial charge in [0.1, 0.15) is 0 Å². The van der Waals surface area contributed by atoms with E-state index in [-0.39, 0.29) is 18.9 Å². The molecule has 0 radical (unpaired) electrons. The molecule has 4 nitrogen and oxygen atoms in total. The quantitative estimate of drug-likeness (QED) is 0.437. The first-order valence-corrected chi connectivity index (χ1v) is 2.91. The summed E-state index contributed by atoms with van der Waals surface area (Å²) in [6, 6.07) is 2.69. The van der Waals surface area contributed by atoms with Gasteiger partial charge in [-0.3, -0.25) is 0 Å². The van der Waals surface area contributed by atoms with Crippen LogP contribution in [-0.4, -0.2) is 4.98 Å². The zero-order valence-corrected chi connectivity index (χ0v) is 6.92. The molecule has 8 heteroatoms. The molecule has 1 aromatic rings. The molecule has 1 rings (SSSR count). The molecule has 0 fully saturated rings. The Balaban J connectivity index is 0.00000169. The Hall–Kier alpha value is -1.42. The maximum Gasteiger partial charge on any atom is 1.00 e. The van der Waals surface area contributed by atoms with E-state index in [0.29, 0.717) is 0 Å². The summed E-state index contributed by atoms with van der Waals surface area (Å²) < 4.78 is 35.7. The number of aromatic nitrogens is 2. The van der Waals surface area contributed by atoms with Crippen LogP contribution in [0, 0.1) is 22.7 Å². The van der Waals surface area contributed by atoms with Crippen molar-refractivity contribution in [2.45, 2.75) is 6.18 Å². The summed E-state index contributed by atoms with van der Waals surface area (Å²) in [5.41, 5.74) is -1.20. The van der Waals surface area contributed by atoms with Gasteiger partial charge >= 0.3 is 25.0 Å². The Labute approximate surface area is 88.5 Å². The first-order chi connectivity index (χ1) is 5.99. The van der Waals surface area contributed by atoms with Crippen molar-refractivity contribution in [1.29, 1.82) is 10.5 Å². The number of imidazole rings is 1. The van der Waals surface area contributed by atoms with Gasteiger partial charge in [0.05, 0.1) is 23.5 Å². The predicted molar refractivity (Wildman–Crippen MR) is 32.0 cm³/mol. The van der Waals surface area contributed by atoms with Crippen molar-refractivity contribution in [3.63, 3.8) is 0 Å². The fourth-order valence-corrected chi connectivity index (χ4v) is 0.625. The van der Waals surface area contributed by atoms with Crippen molar-refractivity contribution in [3.8, 4) is 12.1 Å². The predicted octanol–water partition coefficient (Wildman–Crippen LogP) is -2.20. The molecule has 1 aromatic heterocycles. The van der Waals surface area contributed by atoms with E-state index < -0.39 is 23.4 Å². The molecule has 0 aliphatic carbocycles. The number of hydrogen-bond acceptors (Lipinski definition) is 3. The summed E-state index contributed by atoms with van der Waals surface area (Å²) >= 11 is 0. The first-order valence-electron chi connectivity index (χ1n) is 2.91. The van der Waals surface area contributed by atoms with E-state index in [1.54, 1.807) is 0 Å². The van der Waals surface area contributed by atoms with Gasteiger partial charge in [-0.25, -0.2) is 0 Å². The van der Waals surface area contributed by atoms with Crippen molar-refractivity contribution >= 4 is 0 Å². The van der Waals surface area contributed by atoms with E-state index in [1.165, 1.54) is 12.1 Å². The Morgan fingerprint density at radius 1 is 1.21 bits per heavy atom. The van der Waals surface area contributed by atoms with Gasteiger partial charge in [0.25, 0.3) is 0 Å². The average molecular weight is 192 g/mol. The van der Waals surface area contributed by atoms with Crippen molar-refractivity contribution in [1.82, 2.24) is 9.97 Å². The van der Waals surface area contributed by atoms with Gasteiger partial charge in [0.2, 0.25) is 0 Å². The maximum absolute atomic E-state index is 11.9. The molecule has 14 heavy (non-hydrogen) atoms. The summed E-state index contributed by atoms with van der Waals surface area (Å²) in [4.78, 5) is 5.70. The number of nitriles is 2. The normalized spacial score (nSPS) is 9.79. The fraction of sp³-hybridized carbons (Fsp3) is 0.167. The number of halogens is 3. The zero-order chi connectivity index (χ0) is 10.1. The minimum absolute atomic E-state index is 0. The van der Waals surface area contributed by atoms with E-state index in [1.807, 2.05) is 0 Å². The van der Waals surface area contributed by atoms with E-state index in [0.717, 1.165) is 0 Å². The fourth-order valence-electron chi connectivity index (χ4n) is 0.625. The molecule has 0 saturated heterocycles. The number of nitrogens with zero attached hydrogens (tertiary/aromatic N) is 4. The molecule has 0 amide bonds. The molecule has 0 N–H and O–H groups in total. The number of rotatable bonds is 0. The molecule has 0 unspecified atom stereocenters. The molecule has 0 atom stereocenters. The van der Waals surface area contributed by atoms with Crippen molar-refractivity contribution < 1.29 is 32.0 Å². The molecule has 0 aliphatic rings. The van der Waals surface area contributed by atoms with Gasteiger partial charge in [-0.1, -0.05) is 0 Å². The third-order valence-corrected chi connectivity index (χ3v) is 1.13. The Bertz CT molecular complexity index is 377. The first kappa shape index (κ1) is 12.6. The Kier molecular flexibility index (Phi) is 3.77. The van der Waals surface area contributed by atoms with Crippen molar-refractivity contribution in [2.75, 3.05) is 0 Å². The number of hydrogen-bond donors (Lipinski definition) is 0. The summed E-state index contributed by atoms with van der Waals surface area (Å²) in [6.45, 7) is 0. The Morgan fingerprint density at radius 3 is 2.07 bits per heavy atom. The molecular formula is C6F3LiN4. The van der Waals surface area contributed by atoms with E-state index in [9.17, 15) is 13.2 Å². The van der Waals surface area contributed by atoms with Crippen LogP contribution in [0.1, 0.15) is 17.2 Å². The van der Waals surface area contributed by atoms with Crippen LogP contribution < -0.4 is 23.8 Å². The molecular weight excluding hydrogens is 192 g/mol. The molecule has 0 aromatic carbocycles. The molecule has 1 heterocycles. The van der Waals surface area contributed by atoms with Crippen LogP contribution in [0.25, 0.3) is 0 Å².